The van der Waals surface area contributed by atoms with E-state index in [1.165, 1.54) is 33.3 Å². The topological polar surface area (TPSA) is 135 Å². The predicted molar refractivity (Wildman–Crippen MR) is 83.9 cm³/mol. The highest BCUT2D eigenvalue weighted by molar-refractivity contribution is 5.95. The van der Waals surface area contributed by atoms with Crippen molar-refractivity contribution in [1.29, 1.82) is 0 Å². The fourth-order valence-corrected chi connectivity index (χ4v) is 2.48. The number of methoxy groups -OCH3 is 2. The van der Waals surface area contributed by atoms with Gasteiger partial charge in [-0.15, -0.1) is 0 Å². The standard InChI is InChI=1S/C16H22O9/c1-7(18)8-4-9(22-2)15(10(5-8)23-3)25-16-14(21)13(20)12(19)11(6-17)24-16/h4-5,11-14,16-17,19-21H,6H2,1-3H3/t11-,12+,13+,14-,16+/m1/s1. The van der Waals surface area contributed by atoms with Gasteiger partial charge in [0.25, 0.3) is 0 Å². The molecule has 5 atom stereocenters. The first-order valence-electron chi connectivity index (χ1n) is 7.58. The highest BCUT2D eigenvalue weighted by Crippen LogP contribution is 2.40. The molecule has 0 radical (unpaired) electrons. The molecule has 0 bridgehead atoms. The van der Waals surface area contributed by atoms with E-state index in [4.69, 9.17) is 18.9 Å². The second-order valence-corrected chi connectivity index (χ2v) is 5.58. The molecule has 1 aliphatic rings. The van der Waals surface area contributed by atoms with Crippen molar-refractivity contribution in [2.45, 2.75) is 37.6 Å². The minimum Gasteiger partial charge on any atom is -0.493 e. The fourth-order valence-electron chi connectivity index (χ4n) is 2.48. The SMILES string of the molecule is COc1cc(C(C)=O)cc(OC)c1O[C@@H]1O[C@H](CO)[C@H](O)[C@H](O)[C@H]1O. The Morgan fingerprint density at radius 1 is 1.08 bits per heavy atom. The number of ether oxygens (including phenoxy) is 4. The molecule has 1 heterocycles. The van der Waals surface area contributed by atoms with E-state index in [1.807, 2.05) is 0 Å². The summed E-state index contributed by atoms with van der Waals surface area (Å²) in [6, 6.07) is 2.87. The van der Waals surface area contributed by atoms with Crippen LogP contribution >= 0.6 is 0 Å². The van der Waals surface area contributed by atoms with Crippen LogP contribution in [-0.2, 0) is 4.74 Å². The van der Waals surface area contributed by atoms with E-state index in [-0.39, 0.29) is 23.0 Å². The van der Waals surface area contributed by atoms with E-state index in [0.29, 0.717) is 5.56 Å². The summed E-state index contributed by atoms with van der Waals surface area (Å²) in [4.78, 5) is 11.6. The molecule has 0 aromatic heterocycles. The molecule has 0 aliphatic carbocycles. The number of hydrogen-bond acceptors (Lipinski definition) is 9. The van der Waals surface area contributed by atoms with Gasteiger partial charge in [0.2, 0.25) is 12.0 Å². The van der Waals surface area contributed by atoms with Gasteiger partial charge in [-0.2, -0.15) is 0 Å². The van der Waals surface area contributed by atoms with E-state index in [1.54, 1.807) is 0 Å². The number of ketones is 1. The van der Waals surface area contributed by atoms with Gasteiger partial charge in [0.15, 0.2) is 17.3 Å². The second-order valence-electron chi connectivity index (χ2n) is 5.58. The number of aliphatic hydroxyl groups excluding tert-OH is 4. The highest BCUT2D eigenvalue weighted by atomic mass is 16.7. The molecule has 1 aromatic carbocycles. The van der Waals surface area contributed by atoms with Crippen LogP contribution in [0.15, 0.2) is 12.1 Å². The zero-order valence-corrected chi connectivity index (χ0v) is 14.1. The van der Waals surface area contributed by atoms with E-state index in [2.05, 4.69) is 0 Å². The molecule has 1 saturated heterocycles. The Kier molecular flexibility index (Phi) is 6.20. The zero-order chi connectivity index (χ0) is 18.7. The summed E-state index contributed by atoms with van der Waals surface area (Å²) in [5.41, 5.74) is 0.329. The van der Waals surface area contributed by atoms with Crippen LogP contribution in [0.25, 0.3) is 0 Å². The Morgan fingerprint density at radius 2 is 1.64 bits per heavy atom. The number of carbonyl (C=O) groups is 1. The first-order chi connectivity index (χ1) is 11.8. The average molecular weight is 358 g/mol. The van der Waals surface area contributed by atoms with Crippen LogP contribution in [0.2, 0.25) is 0 Å². The van der Waals surface area contributed by atoms with Gasteiger partial charge in [0.1, 0.15) is 24.4 Å². The normalized spacial score (nSPS) is 29.2. The van der Waals surface area contributed by atoms with Crippen LogP contribution in [0.4, 0.5) is 0 Å². The maximum Gasteiger partial charge on any atom is 0.229 e. The molecule has 0 unspecified atom stereocenters. The highest BCUT2D eigenvalue weighted by Gasteiger charge is 2.45. The molecule has 0 amide bonds. The predicted octanol–water partition coefficient (Wildman–Crippen LogP) is -0.915. The van der Waals surface area contributed by atoms with Crippen LogP contribution in [0.5, 0.6) is 17.2 Å². The quantitative estimate of drug-likeness (QED) is 0.476. The summed E-state index contributed by atoms with van der Waals surface area (Å²) >= 11 is 0. The molecule has 0 spiro atoms. The molecule has 9 nitrogen and oxygen atoms in total. The Labute approximate surface area is 144 Å². The van der Waals surface area contributed by atoms with E-state index >= 15 is 0 Å². The van der Waals surface area contributed by atoms with Gasteiger partial charge < -0.3 is 39.4 Å². The number of benzene rings is 1. The first-order valence-corrected chi connectivity index (χ1v) is 7.58. The summed E-state index contributed by atoms with van der Waals surface area (Å²) in [5.74, 6) is 0.137. The zero-order valence-electron chi connectivity index (χ0n) is 14.1. The van der Waals surface area contributed by atoms with E-state index in [9.17, 15) is 25.2 Å². The van der Waals surface area contributed by atoms with Crippen molar-refractivity contribution in [2.75, 3.05) is 20.8 Å². The lowest BCUT2D eigenvalue weighted by Crippen LogP contribution is -2.60. The van der Waals surface area contributed by atoms with Crippen molar-refractivity contribution >= 4 is 5.78 Å². The van der Waals surface area contributed by atoms with E-state index in [0.717, 1.165) is 0 Å². The number of aliphatic hydroxyl groups is 4. The van der Waals surface area contributed by atoms with Crippen molar-refractivity contribution in [2.24, 2.45) is 0 Å². The van der Waals surface area contributed by atoms with Gasteiger partial charge >= 0.3 is 0 Å². The van der Waals surface area contributed by atoms with Crippen molar-refractivity contribution < 1.29 is 44.2 Å². The summed E-state index contributed by atoms with van der Waals surface area (Å²) in [6.07, 6.45) is -7.17. The number of rotatable bonds is 6. The third kappa shape index (κ3) is 3.86. The van der Waals surface area contributed by atoms with Crippen LogP contribution in [0, 0.1) is 0 Å². The molecular formula is C16H22O9. The van der Waals surface area contributed by atoms with Crippen LogP contribution in [0.3, 0.4) is 0 Å². The molecule has 4 N–H and O–H groups in total. The van der Waals surface area contributed by atoms with Gasteiger partial charge in [-0.05, 0) is 19.1 Å². The van der Waals surface area contributed by atoms with Crippen LogP contribution in [-0.4, -0.2) is 77.7 Å². The second kappa shape index (κ2) is 7.98. The molecule has 0 saturated carbocycles. The fraction of sp³-hybridized carbons (Fsp3) is 0.562. The smallest absolute Gasteiger partial charge is 0.229 e. The minimum absolute atomic E-state index is 0.0410. The Balaban J connectivity index is 2.36. The molecule has 2 rings (SSSR count). The molecule has 9 heteroatoms. The maximum absolute atomic E-state index is 11.6. The summed E-state index contributed by atoms with van der Waals surface area (Å²) in [7, 11) is 2.72. The lowest BCUT2D eigenvalue weighted by molar-refractivity contribution is -0.277. The summed E-state index contributed by atoms with van der Waals surface area (Å²) in [6.45, 7) is 0.800. The van der Waals surface area contributed by atoms with Gasteiger partial charge in [0, 0.05) is 5.56 Å². The van der Waals surface area contributed by atoms with Crippen molar-refractivity contribution in [3.63, 3.8) is 0 Å². The van der Waals surface area contributed by atoms with Gasteiger partial charge in [-0.3, -0.25) is 4.79 Å². The number of Topliss-reactive ketones (excluding diaryl/α,β-unsaturated/α-hetero) is 1. The molecule has 140 valence electrons. The Hall–Kier alpha value is -1.91. The minimum atomic E-state index is -1.58. The molecule has 1 fully saturated rings. The van der Waals surface area contributed by atoms with Gasteiger partial charge in [0.05, 0.1) is 20.8 Å². The van der Waals surface area contributed by atoms with Crippen LogP contribution < -0.4 is 14.2 Å². The monoisotopic (exact) mass is 358 g/mol. The van der Waals surface area contributed by atoms with Gasteiger partial charge in [-0.25, -0.2) is 0 Å². The van der Waals surface area contributed by atoms with E-state index < -0.39 is 37.3 Å². The molecule has 1 aromatic rings. The Bertz CT molecular complexity index is 591. The van der Waals surface area contributed by atoms with Gasteiger partial charge in [-0.1, -0.05) is 0 Å². The third-order valence-corrected chi connectivity index (χ3v) is 3.95. The van der Waals surface area contributed by atoms with Crippen LogP contribution in [0.1, 0.15) is 17.3 Å². The number of carbonyl (C=O) groups excluding carboxylic acids is 1. The number of hydrogen-bond donors (Lipinski definition) is 4. The lowest BCUT2D eigenvalue weighted by Gasteiger charge is -2.39. The average Bonchev–Trinajstić information content (AvgIpc) is 2.61. The summed E-state index contributed by atoms with van der Waals surface area (Å²) < 4.78 is 21.3. The largest absolute Gasteiger partial charge is 0.493 e. The van der Waals surface area contributed by atoms with Crippen molar-refractivity contribution in [3.8, 4) is 17.2 Å². The maximum atomic E-state index is 11.6. The lowest BCUT2D eigenvalue weighted by atomic mass is 9.99. The van der Waals surface area contributed by atoms with Crippen molar-refractivity contribution in [1.82, 2.24) is 0 Å². The molecule has 25 heavy (non-hydrogen) atoms. The molecule has 1 aliphatic heterocycles. The summed E-state index contributed by atoms with van der Waals surface area (Å²) in [5, 5.41) is 38.9. The van der Waals surface area contributed by atoms with Crippen molar-refractivity contribution in [3.05, 3.63) is 17.7 Å². The first kappa shape index (κ1) is 19.4. The third-order valence-electron chi connectivity index (χ3n) is 3.95. The Morgan fingerprint density at radius 3 is 2.08 bits per heavy atom. The molecular weight excluding hydrogens is 336 g/mol.